The molecule has 0 aromatic heterocycles. The third-order valence-corrected chi connectivity index (χ3v) is 6.00. The topological polar surface area (TPSA) is 83.5 Å². The lowest BCUT2D eigenvalue weighted by atomic mass is 10.0. The van der Waals surface area contributed by atoms with Gasteiger partial charge in [0.2, 0.25) is 0 Å². The van der Waals surface area contributed by atoms with Gasteiger partial charge in [-0.05, 0) is 56.4 Å². The second-order valence-corrected chi connectivity index (χ2v) is 8.63. The van der Waals surface area contributed by atoms with Gasteiger partial charge in [-0.3, -0.25) is 14.6 Å². The fourth-order valence-corrected chi connectivity index (χ4v) is 4.18. The number of fused-ring (bicyclic) bond motifs is 2. The molecule has 8 heteroatoms. The van der Waals surface area contributed by atoms with E-state index in [-0.39, 0.29) is 17.9 Å². The van der Waals surface area contributed by atoms with E-state index in [1.807, 2.05) is 38.5 Å². The van der Waals surface area contributed by atoms with Crippen molar-refractivity contribution in [3.63, 3.8) is 0 Å². The van der Waals surface area contributed by atoms with E-state index in [0.717, 1.165) is 24.1 Å². The first-order chi connectivity index (χ1) is 16.4. The molecule has 2 aromatic carbocycles. The molecule has 0 saturated heterocycles. The zero-order valence-electron chi connectivity index (χ0n) is 20.0. The molecule has 2 amide bonds. The third kappa shape index (κ3) is 4.82. The van der Waals surface area contributed by atoms with Crippen LogP contribution in [-0.4, -0.2) is 75.3 Å². The highest BCUT2D eigenvalue weighted by Gasteiger charge is 2.33. The Morgan fingerprint density at radius 1 is 1.18 bits per heavy atom. The van der Waals surface area contributed by atoms with E-state index < -0.39 is 0 Å². The van der Waals surface area contributed by atoms with Crippen LogP contribution in [0.3, 0.4) is 0 Å². The Balaban J connectivity index is 1.54. The summed E-state index contributed by atoms with van der Waals surface area (Å²) in [6, 6.07) is 10.7. The lowest BCUT2D eigenvalue weighted by Gasteiger charge is -2.18. The van der Waals surface area contributed by atoms with Crippen LogP contribution in [0.4, 0.5) is 5.69 Å². The summed E-state index contributed by atoms with van der Waals surface area (Å²) in [6.07, 6.45) is 5.16. The molecule has 2 aromatic rings. The number of nitrogens with zero attached hydrogens (tertiary/aromatic N) is 3. The van der Waals surface area contributed by atoms with E-state index in [1.165, 1.54) is 7.11 Å². The Hall–Kier alpha value is -3.65. The summed E-state index contributed by atoms with van der Waals surface area (Å²) < 4.78 is 10.7. The first-order valence-electron chi connectivity index (χ1n) is 11.3. The molecule has 0 spiro atoms. The summed E-state index contributed by atoms with van der Waals surface area (Å²) in [7, 11) is 7.11. The summed E-state index contributed by atoms with van der Waals surface area (Å²) in [6.45, 7) is 1.54. The van der Waals surface area contributed by atoms with Gasteiger partial charge in [0, 0.05) is 37.0 Å². The highest BCUT2D eigenvalue weighted by Crippen LogP contribution is 2.39. The zero-order valence-corrected chi connectivity index (χ0v) is 20.0. The second-order valence-electron chi connectivity index (χ2n) is 8.63. The minimum Gasteiger partial charge on any atom is -0.493 e. The molecule has 1 N–H and O–H groups in total. The molecule has 0 radical (unpaired) electrons. The molecule has 2 heterocycles. The summed E-state index contributed by atoms with van der Waals surface area (Å²) in [5.41, 5.74) is 3.52. The van der Waals surface area contributed by atoms with Crippen molar-refractivity contribution in [3.05, 3.63) is 59.3 Å². The molecule has 178 valence electrons. The second kappa shape index (κ2) is 10.1. The van der Waals surface area contributed by atoms with Crippen LogP contribution >= 0.6 is 0 Å². The Morgan fingerprint density at radius 3 is 2.68 bits per heavy atom. The average molecular weight is 463 g/mol. The van der Waals surface area contributed by atoms with Gasteiger partial charge in [0.15, 0.2) is 11.5 Å². The molecule has 0 aliphatic carbocycles. The van der Waals surface area contributed by atoms with Crippen LogP contribution in [0.2, 0.25) is 0 Å². The van der Waals surface area contributed by atoms with E-state index >= 15 is 0 Å². The maximum Gasteiger partial charge on any atom is 0.260 e. The van der Waals surface area contributed by atoms with Crippen molar-refractivity contribution in [2.45, 2.75) is 18.9 Å². The fourth-order valence-electron chi connectivity index (χ4n) is 4.18. The van der Waals surface area contributed by atoms with E-state index in [1.54, 1.807) is 36.4 Å². The number of hydrogen-bond donors (Lipinski definition) is 1. The van der Waals surface area contributed by atoms with E-state index in [9.17, 15) is 9.59 Å². The molecule has 2 aliphatic heterocycles. The number of carbonyl (C=O) groups is 2. The van der Waals surface area contributed by atoms with Crippen molar-refractivity contribution < 1.29 is 19.1 Å². The normalized spacial score (nSPS) is 16.6. The van der Waals surface area contributed by atoms with Crippen LogP contribution < -0.4 is 14.8 Å². The Labute approximate surface area is 199 Å². The van der Waals surface area contributed by atoms with Crippen LogP contribution in [0.1, 0.15) is 39.1 Å². The van der Waals surface area contributed by atoms with E-state index in [0.29, 0.717) is 41.3 Å². The monoisotopic (exact) mass is 462 g/mol. The van der Waals surface area contributed by atoms with Gasteiger partial charge in [0.05, 0.1) is 31.5 Å². The highest BCUT2D eigenvalue weighted by atomic mass is 16.5. The number of methoxy groups -OCH3 is 2. The number of aliphatic imine (C=N–C) groups is 1. The average Bonchev–Trinajstić information content (AvgIpc) is 3.23. The molecule has 8 nitrogen and oxygen atoms in total. The van der Waals surface area contributed by atoms with Gasteiger partial charge in [0.25, 0.3) is 11.8 Å². The maximum atomic E-state index is 13.4. The quantitative estimate of drug-likeness (QED) is 0.609. The molecule has 0 bridgehead atoms. The number of ether oxygens (including phenoxy) is 2. The van der Waals surface area contributed by atoms with Gasteiger partial charge in [-0.2, -0.15) is 0 Å². The number of hydrogen-bond acceptors (Lipinski definition) is 6. The number of amides is 2. The molecular formula is C26H30N4O4. The minimum atomic E-state index is -0.199. The van der Waals surface area contributed by atoms with Crippen LogP contribution in [0.5, 0.6) is 11.5 Å². The predicted molar refractivity (Wildman–Crippen MR) is 132 cm³/mol. The highest BCUT2D eigenvalue weighted by molar-refractivity contribution is 6.05. The number of nitrogens with one attached hydrogen (secondary N) is 1. The fraction of sp³-hybridized carbons (Fsp3) is 0.346. The van der Waals surface area contributed by atoms with Crippen LogP contribution in [0.15, 0.2) is 47.6 Å². The number of rotatable bonds is 8. The summed E-state index contributed by atoms with van der Waals surface area (Å²) in [5.74, 6) is 0.766. The van der Waals surface area contributed by atoms with Crippen molar-refractivity contribution in [1.29, 1.82) is 0 Å². The summed E-state index contributed by atoms with van der Waals surface area (Å²) in [5, 5.41) is 2.98. The van der Waals surface area contributed by atoms with Crippen molar-refractivity contribution in [2.75, 3.05) is 41.4 Å². The Morgan fingerprint density at radius 2 is 1.94 bits per heavy atom. The van der Waals surface area contributed by atoms with Crippen LogP contribution in [-0.2, 0) is 0 Å². The standard InChI is InChI=1S/C26H30N4O4/c1-29(2)10-6-9-27-25(31)18-8-5-7-17(11-18)19-12-20-15-28-22-14-24(34-4)23(33-3)13-21(22)26(32)30(20)16-19/h5,7-8,11,13-16,20H,6,9-10,12H2,1-4H3,(H,27,31)/t20-/m0/s1. The van der Waals surface area contributed by atoms with Crippen molar-refractivity contribution in [2.24, 2.45) is 4.99 Å². The molecule has 0 fully saturated rings. The van der Waals surface area contributed by atoms with Gasteiger partial charge in [-0.1, -0.05) is 12.1 Å². The van der Waals surface area contributed by atoms with Gasteiger partial charge in [-0.25, -0.2) is 0 Å². The Bertz CT molecular complexity index is 1160. The van der Waals surface area contributed by atoms with Gasteiger partial charge in [-0.15, -0.1) is 0 Å². The molecule has 1 atom stereocenters. The molecule has 34 heavy (non-hydrogen) atoms. The first kappa shape index (κ1) is 23.5. The van der Waals surface area contributed by atoms with Crippen molar-refractivity contribution in [1.82, 2.24) is 15.1 Å². The minimum absolute atomic E-state index is 0.0960. The van der Waals surface area contributed by atoms with Crippen LogP contribution in [0, 0.1) is 0 Å². The third-order valence-electron chi connectivity index (χ3n) is 6.00. The number of benzene rings is 2. The van der Waals surface area contributed by atoms with Gasteiger partial charge in [0.1, 0.15) is 0 Å². The van der Waals surface area contributed by atoms with Crippen molar-refractivity contribution in [3.8, 4) is 11.5 Å². The van der Waals surface area contributed by atoms with Gasteiger partial charge < -0.3 is 24.6 Å². The first-order valence-corrected chi connectivity index (χ1v) is 11.3. The smallest absolute Gasteiger partial charge is 0.260 e. The molecule has 0 saturated carbocycles. The molecular weight excluding hydrogens is 432 g/mol. The lowest BCUT2D eigenvalue weighted by molar-refractivity contribution is 0.0817. The van der Waals surface area contributed by atoms with Gasteiger partial charge >= 0.3 is 0 Å². The zero-order chi connectivity index (χ0) is 24.2. The van der Waals surface area contributed by atoms with Crippen LogP contribution in [0.25, 0.3) is 5.57 Å². The largest absolute Gasteiger partial charge is 0.493 e. The lowest BCUT2D eigenvalue weighted by Crippen LogP contribution is -2.32. The maximum absolute atomic E-state index is 13.4. The molecule has 2 aliphatic rings. The van der Waals surface area contributed by atoms with E-state index in [2.05, 4.69) is 15.2 Å². The summed E-state index contributed by atoms with van der Waals surface area (Å²) in [4.78, 5) is 34.3. The summed E-state index contributed by atoms with van der Waals surface area (Å²) >= 11 is 0. The SMILES string of the molecule is COc1cc2c(cc1OC)C(=O)N1C=C(c3cccc(C(=O)NCCCN(C)C)c3)C[C@H]1C=N2. The van der Waals surface area contributed by atoms with Crippen molar-refractivity contribution >= 4 is 29.3 Å². The van der Waals surface area contributed by atoms with E-state index in [4.69, 9.17) is 9.47 Å². The Kier molecular flexibility index (Phi) is 6.98. The predicted octanol–water partition coefficient (Wildman–Crippen LogP) is 3.36. The molecule has 4 rings (SSSR count). The molecule has 0 unspecified atom stereocenters. The number of carbonyl (C=O) groups excluding carboxylic acids is 2.